The Kier molecular flexibility index (Phi) is 9.67. The number of hydrogen-bond donors (Lipinski definition) is 0. The van der Waals surface area contributed by atoms with Crippen molar-refractivity contribution in [3.05, 3.63) is 65.4 Å². The first-order valence-electron chi connectivity index (χ1n) is 12.3. The van der Waals surface area contributed by atoms with Crippen LogP contribution in [0.4, 0.5) is 13.2 Å². The third-order valence-electron chi connectivity index (χ3n) is 6.02. The van der Waals surface area contributed by atoms with Crippen molar-refractivity contribution in [2.45, 2.75) is 59.1 Å². The number of oxime groups is 1. The molecule has 196 valence electrons. The summed E-state index contributed by atoms with van der Waals surface area (Å²) >= 11 is 0. The molecule has 36 heavy (non-hydrogen) atoms. The first-order valence-corrected chi connectivity index (χ1v) is 12.3. The van der Waals surface area contributed by atoms with Crippen molar-refractivity contribution >= 4 is 5.71 Å². The fourth-order valence-corrected chi connectivity index (χ4v) is 3.75. The first kappa shape index (κ1) is 27.4. The molecule has 1 aliphatic heterocycles. The third kappa shape index (κ3) is 7.67. The highest BCUT2D eigenvalue weighted by atomic mass is 19.4. The van der Waals surface area contributed by atoms with Gasteiger partial charge in [0.1, 0.15) is 24.7 Å². The summed E-state index contributed by atoms with van der Waals surface area (Å²) < 4.78 is 57.9. The molecule has 0 bridgehead atoms. The van der Waals surface area contributed by atoms with Gasteiger partial charge in [-0.1, -0.05) is 44.5 Å². The highest BCUT2D eigenvalue weighted by molar-refractivity contribution is 5.98. The summed E-state index contributed by atoms with van der Waals surface area (Å²) in [7, 11) is 0. The van der Waals surface area contributed by atoms with Crippen molar-refractivity contribution in [1.29, 1.82) is 0 Å². The van der Waals surface area contributed by atoms with E-state index in [1.165, 1.54) is 6.07 Å². The van der Waals surface area contributed by atoms with Gasteiger partial charge in [0.15, 0.2) is 11.5 Å². The summed E-state index contributed by atoms with van der Waals surface area (Å²) in [5.41, 5.74) is 0.796. The zero-order valence-corrected chi connectivity index (χ0v) is 21.1. The van der Waals surface area contributed by atoms with E-state index >= 15 is 0 Å². The lowest BCUT2D eigenvalue weighted by Gasteiger charge is -2.19. The van der Waals surface area contributed by atoms with Crippen molar-refractivity contribution in [2.75, 3.05) is 19.8 Å². The summed E-state index contributed by atoms with van der Waals surface area (Å²) in [6.45, 7) is 10.7. The van der Waals surface area contributed by atoms with Gasteiger partial charge in [0.05, 0.1) is 17.9 Å². The predicted octanol–water partition coefficient (Wildman–Crippen LogP) is 7.57. The summed E-state index contributed by atoms with van der Waals surface area (Å²) in [4.78, 5) is 5.39. The van der Waals surface area contributed by atoms with Crippen molar-refractivity contribution < 1.29 is 32.2 Å². The Morgan fingerprint density at radius 3 is 2.56 bits per heavy atom. The van der Waals surface area contributed by atoms with Gasteiger partial charge in [0.2, 0.25) is 0 Å². The second-order valence-corrected chi connectivity index (χ2v) is 8.92. The number of rotatable bonds is 12. The molecule has 0 saturated carbocycles. The number of benzene rings is 2. The summed E-state index contributed by atoms with van der Waals surface area (Å²) in [5, 5.41) is 4.01. The van der Waals surface area contributed by atoms with Gasteiger partial charge in [-0.15, -0.1) is 0 Å². The smallest absolute Gasteiger partial charge is 0.419 e. The molecule has 3 rings (SSSR count). The van der Waals surface area contributed by atoms with Crippen LogP contribution in [0, 0.1) is 5.92 Å². The van der Waals surface area contributed by atoms with Crippen LogP contribution < -0.4 is 14.2 Å². The molecule has 8 heteroatoms. The number of alkyl halides is 3. The minimum atomic E-state index is -4.57. The van der Waals surface area contributed by atoms with Crippen LogP contribution >= 0.6 is 0 Å². The number of allylic oxidation sites excluding steroid dienone is 1. The Morgan fingerprint density at radius 1 is 1.08 bits per heavy atom. The van der Waals surface area contributed by atoms with Crippen LogP contribution in [0.2, 0.25) is 0 Å². The maximum absolute atomic E-state index is 13.8. The van der Waals surface area contributed by atoms with Crippen molar-refractivity contribution in [1.82, 2.24) is 0 Å². The Balaban J connectivity index is 1.60. The maximum atomic E-state index is 13.8. The third-order valence-corrected chi connectivity index (χ3v) is 6.02. The topological polar surface area (TPSA) is 49.3 Å². The standard InChI is InChI=1S/C28H34F3NO4/c1-5-6-8-19(2)21(4)36-32-20(3)23-11-13-25(24(18-23)28(29,30)31)33-14-7-9-22-10-12-26-27(17-22)35-16-15-34-26/h10-13,17-19H,4-9,14-16H2,1-3H3/b32-20+/t19-/m0/s1. The minimum Gasteiger partial charge on any atom is -0.493 e. The van der Waals surface area contributed by atoms with Crippen LogP contribution in [-0.2, 0) is 17.4 Å². The van der Waals surface area contributed by atoms with Gasteiger partial charge in [-0.25, -0.2) is 0 Å². The maximum Gasteiger partial charge on any atom is 0.419 e. The second-order valence-electron chi connectivity index (χ2n) is 8.92. The summed E-state index contributed by atoms with van der Waals surface area (Å²) in [5.74, 6) is 1.80. The Bertz CT molecular complexity index is 1070. The van der Waals surface area contributed by atoms with Crippen LogP contribution in [0.1, 0.15) is 63.1 Å². The zero-order valence-electron chi connectivity index (χ0n) is 21.1. The zero-order chi connectivity index (χ0) is 26.1. The van der Waals surface area contributed by atoms with E-state index in [4.69, 9.17) is 19.0 Å². The molecule has 5 nitrogen and oxygen atoms in total. The van der Waals surface area contributed by atoms with Gasteiger partial charge < -0.3 is 19.0 Å². The van der Waals surface area contributed by atoms with E-state index in [1.54, 1.807) is 13.0 Å². The number of halogens is 3. The van der Waals surface area contributed by atoms with Gasteiger partial charge in [0.25, 0.3) is 0 Å². The molecule has 0 aliphatic carbocycles. The minimum absolute atomic E-state index is 0.116. The first-order chi connectivity index (χ1) is 17.2. The fraction of sp³-hybridized carbons (Fsp3) is 0.464. The van der Waals surface area contributed by atoms with E-state index in [9.17, 15) is 13.2 Å². The van der Waals surface area contributed by atoms with Crippen LogP contribution in [0.5, 0.6) is 17.2 Å². The molecular formula is C28H34F3NO4. The van der Waals surface area contributed by atoms with E-state index in [2.05, 4.69) is 18.7 Å². The lowest BCUT2D eigenvalue weighted by molar-refractivity contribution is -0.139. The summed E-state index contributed by atoms with van der Waals surface area (Å²) in [6, 6.07) is 9.60. The van der Waals surface area contributed by atoms with Gasteiger partial charge in [-0.05, 0) is 67.6 Å². The van der Waals surface area contributed by atoms with Gasteiger partial charge in [-0.2, -0.15) is 13.2 Å². The van der Waals surface area contributed by atoms with Crippen molar-refractivity contribution in [2.24, 2.45) is 11.1 Å². The van der Waals surface area contributed by atoms with Crippen LogP contribution in [0.3, 0.4) is 0 Å². The fourth-order valence-electron chi connectivity index (χ4n) is 3.75. The molecule has 0 radical (unpaired) electrons. The Labute approximate surface area is 210 Å². The number of aryl methyl sites for hydroxylation is 1. The average Bonchev–Trinajstić information content (AvgIpc) is 2.87. The molecule has 1 heterocycles. The molecule has 2 aromatic rings. The molecule has 0 unspecified atom stereocenters. The SMILES string of the molecule is C=C(O/N=C(\C)c1ccc(OCCCc2ccc3c(c2)OCCO3)c(C(F)(F)F)c1)[C@@H](C)CCCC. The van der Waals surface area contributed by atoms with Crippen molar-refractivity contribution in [3.8, 4) is 17.2 Å². The largest absolute Gasteiger partial charge is 0.493 e. The highest BCUT2D eigenvalue weighted by Gasteiger charge is 2.35. The highest BCUT2D eigenvalue weighted by Crippen LogP contribution is 2.37. The molecular weight excluding hydrogens is 471 g/mol. The molecule has 1 aliphatic rings. The van der Waals surface area contributed by atoms with E-state index in [0.29, 0.717) is 54.6 Å². The molecule has 0 amide bonds. The Morgan fingerprint density at radius 2 is 1.83 bits per heavy atom. The normalized spacial score (nSPS) is 14.3. The van der Waals surface area contributed by atoms with Gasteiger partial charge in [-0.3, -0.25) is 0 Å². The van der Waals surface area contributed by atoms with E-state index in [1.807, 2.05) is 25.1 Å². The monoisotopic (exact) mass is 505 g/mol. The van der Waals surface area contributed by atoms with Gasteiger partial charge in [0, 0.05) is 5.92 Å². The lowest BCUT2D eigenvalue weighted by atomic mass is 10.0. The molecule has 2 aromatic carbocycles. The predicted molar refractivity (Wildman–Crippen MR) is 134 cm³/mol. The molecule has 1 atom stereocenters. The number of unbranched alkanes of at least 4 members (excludes halogenated alkanes) is 1. The van der Waals surface area contributed by atoms with E-state index < -0.39 is 11.7 Å². The number of hydrogen-bond acceptors (Lipinski definition) is 5. The molecule has 0 aromatic heterocycles. The van der Waals surface area contributed by atoms with E-state index in [-0.39, 0.29) is 18.3 Å². The number of fused-ring (bicyclic) bond motifs is 1. The summed E-state index contributed by atoms with van der Waals surface area (Å²) in [6.07, 6.45) is -0.360. The number of ether oxygens (including phenoxy) is 3. The average molecular weight is 506 g/mol. The van der Waals surface area contributed by atoms with Crippen LogP contribution in [-0.4, -0.2) is 25.5 Å². The second kappa shape index (κ2) is 12.7. The van der Waals surface area contributed by atoms with Gasteiger partial charge >= 0.3 is 6.18 Å². The van der Waals surface area contributed by atoms with Crippen LogP contribution in [0.25, 0.3) is 0 Å². The van der Waals surface area contributed by atoms with E-state index in [0.717, 1.165) is 30.9 Å². The molecule has 0 saturated heterocycles. The molecule has 0 fully saturated rings. The molecule has 0 spiro atoms. The van der Waals surface area contributed by atoms with Crippen LogP contribution in [0.15, 0.2) is 53.9 Å². The lowest BCUT2D eigenvalue weighted by Crippen LogP contribution is -2.15. The van der Waals surface area contributed by atoms with Crippen molar-refractivity contribution in [3.63, 3.8) is 0 Å². The molecule has 0 N–H and O–H groups in total. The number of nitrogens with zero attached hydrogens (tertiary/aromatic N) is 1. The Hall–Kier alpha value is -3.16. The quantitative estimate of drug-likeness (QED) is 0.129.